The van der Waals surface area contributed by atoms with Gasteiger partial charge in [-0.1, -0.05) is 38.4 Å². The van der Waals surface area contributed by atoms with Crippen LogP contribution in [0.5, 0.6) is 0 Å². The molecular formula is C11H19ClN2. The van der Waals surface area contributed by atoms with Crippen LogP contribution in [0.2, 0.25) is 5.02 Å². The molecule has 0 aliphatic carbocycles. The average molecular weight is 215 g/mol. The van der Waals surface area contributed by atoms with Crippen molar-refractivity contribution in [3.05, 3.63) is 28.8 Å². The van der Waals surface area contributed by atoms with Crippen molar-refractivity contribution in [2.45, 2.75) is 27.2 Å². The van der Waals surface area contributed by atoms with Crippen molar-refractivity contribution in [3.63, 3.8) is 0 Å². The van der Waals surface area contributed by atoms with Gasteiger partial charge >= 0.3 is 0 Å². The number of benzene rings is 1. The zero-order chi connectivity index (χ0) is 11.0. The van der Waals surface area contributed by atoms with E-state index in [2.05, 4.69) is 17.8 Å². The summed E-state index contributed by atoms with van der Waals surface area (Å²) in [5.41, 5.74) is 8.22. The average Bonchev–Trinajstić information content (AvgIpc) is 2.22. The molecule has 0 saturated heterocycles. The van der Waals surface area contributed by atoms with Gasteiger partial charge in [-0.25, -0.2) is 5.43 Å². The molecule has 3 heteroatoms. The van der Waals surface area contributed by atoms with Crippen molar-refractivity contribution in [1.82, 2.24) is 5.43 Å². The number of nitrogens with one attached hydrogen (secondary N) is 2. The zero-order valence-corrected chi connectivity index (χ0v) is 10.1. The predicted octanol–water partition coefficient (Wildman–Crippen LogP) is 3.47. The molecular weight excluding hydrogens is 196 g/mol. The molecule has 0 fully saturated rings. The fourth-order valence-electron chi connectivity index (χ4n) is 1.11. The molecule has 1 rings (SSSR count). The third-order valence-electron chi connectivity index (χ3n) is 1.71. The topological polar surface area (TPSA) is 24.1 Å². The van der Waals surface area contributed by atoms with Gasteiger partial charge in [0.05, 0.1) is 5.69 Å². The van der Waals surface area contributed by atoms with Crippen molar-refractivity contribution in [3.8, 4) is 0 Å². The Bertz CT molecular complexity index is 261. The lowest BCUT2D eigenvalue weighted by Crippen LogP contribution is -2.16. The Kier molecular flexibility index (Phi) is 7.25. The zero-order valence-electron chi connectivity index (χ0n) is 9.32. The second-order valence-electron chi connectivity index (χ2n) is 2.53. The predicted molar refractivity (Wildman–Crippen MR) is 64.9 cm³/mol. The maximum atomic E-state index is 5.84. The smallest absolute Gasteiger partial charge is 0.0534 e. The van der Waals surface area contributed by atoms with E-state index in [1.165, 1.54) is 5.56 Å². The van der Waals surface area contributed by atoms with Crippen LogP contribution >= 0.6 is 11.6 Å². The summed E-state index contributed by atoms with van der Waals surface area (Å²) in [5, 5.41) is 0.755. The molecule has 0 amide bonds. The number of anilines is 1. The Balaban J connectivity index is 0.000000791. The lowest BCUT2D eigenvalue weighted by atomic mass is 10.1. The van der Waals surface area contributed by atoms with Crippen LogP contribution in [0, 0.1) is 0 Å². The third-order valence-corrected chi connectivity index (χ3v) is 1.95. The molecule has 0 aliphatic heterocycles. The Labute approximate surface area is 91.6 Å². The molecule has 2 N–H and O–H groups in total. The van der Waals surface area contributed by atoms with E-state index in [1.54, 1.807) is 0 Å². The minimum Gasteiger partial charge on any atom is -0.321 e. The van der Waals surface area contributed by atoms with E-state index < -0.39 is 0 Å². The second-order valence-corrected chi connectivity index (χ2v) is 2.97. The highest BCUT2D eigenvalue weighted by Gasteiger charge is 1.99. The number of halogens is 1. The molecule has 0 bridgehead atoms. The standard InChI is InChI=1S/C9H13ClN2.C2H6/c1-3-7-4-5-8(10)6-9(7)12-11-2;1-2/h4-6,11-12H,3H2,1-2H3;1-2H3. The second kappa shape index (κ2) is 7.65. The van der Waals surface area contributed by atoms with E-state index in [9.17, 15) is 0 Å². The van der Waals surface area contributed by atoms with Crippen molar-refractivity contribution in [1.29, 1.82) is 0 Å². The summed E-state index contributed by atoms with van der Waals surface area (Å²) in [6.07, 6.45) is 1.00. The van der Waals surface area contributed by atoms with Crippen LogP contribution in [0.25, 0.3) is 0 Å². The summed E-state index contributed by atoms with van der Waals surface area (Å²) < 4.78 is 0. The first-order valence-corrected chi connectivity index (χ1v) is 5.37. The molecule has 0 radical (unpaired) electrons. The van der Waals surface area contributed by atoms with Crippen LogP contribution in [0.3, 0.4) is 0 Å². The van der Waals surface area contributed by atoms with Crippen LogP contribution in [-0.4, -0.2) is 7.05 Å². The van der Waals surface area contributed by atoms with E-state index in [1.807, 2.05) is 39.1 Å². The molecule has 1 aromatic rings. The fraction of sp³-hybridized carbons (Fsp3) is 0.455. The Morgan fingerprint density at radius 2 is 1.93 bits per heavy atom. The molecule has 80 valence electrons. The highest BCUT2D eigenvalue weighted by Crippen LogP contribution is 2.20. The monoisotopic (exact) mass is 214 g/mol. The first kappa shape index (κ1) is 13.3. The van der Waals surface area contributed by atoms with Gasteiger partial charge in [0.2, 0.25) is 0 Å². The first-order chi connectivity index (χ1) is 6.77. The molecule has 0 unspecified atom stereocenters. The summed E-state index contributed by atoms with van der Waals surface area (Å²) >= 11 is 5.84. The van der Waals surface area contributed by atoms with Gasteiger partial charge in [-0.2, -0.15) is 0 Å². The molecule has 0 atom stereocenters. The molecule has 0 aromatic heterocycles. The van der Waals surface area contributed by atoms with Crippen molar-refractivity contribution >= 4 is 17.3 Å². The van der Waals surface area contributed by atoms with Crippen LogP contribution < -0.4 is 10.9 Å². The third kappa shape index (κ3) is 3.99. The Hall–Kier alpha value is -0.730. The van der Waals surface area contributed by atoms with E-state index in [0.29, 0.717) is 0 Å². The van der Waals surface area contributed by atoms with Gasteiger partial charge in [-0.3, -0.25) is 0 Å². The molecule has 2 nitrogen and oxygen atoms in total. The number of hydrazine groups is 1. The molecule has 14 heavy (non-hydrogen) atoms. The minimum atomic E-state index is 0.755. The maximum Gasteiger partial charge on any atom is 0.0534 e. The van der Waals surface area contributed by atoms with Gasteiger partial charge in [0.25, 0.3) is 0 Å². The van der Waals surface area contributed by atoms with Gasteiger partial charge < -0.3 is 5.43 Å². The van der Waals surface area contributed by atoms with Crippen molar-refractivity contribution in [2.24, 2.45) is 0 Å². The number of aryl methyl sites for hydroxylation is 1. The fourth-order valence-corrected chi connectivity index (χ4v) is 1.28. The van der Waals surface area contributed by atoms with Crippen LogP contribution in [0.4, 0.5) is 5.69 Å². The van der Waals surface area contributed by atoms with Crippen LogP contribution in [-0.2, 0) is 6.42 Å². The van der Waals surface area contributed by atoms with Gasteiger partial charge in [-0.15, -0.1) is 0 Å². The van der Waals surface area contributed by atoms with Gasteiger partial charge in [-0.05, 0) is 24.1 Å². The molecule has 1 aromatic carbocycles. The first-order valence-electron chi connectivity index (χ1n) is 4.99. The highest BCUT2D eigenvalue weighted by atomic mass is 35.5. The van der Waals surface area contributed by atoms with E-state index in [-0.39, 0.29) is 0 Å². The van der Waals surface area contributed by atoms with E-state index in [4.69, 9.17) is 11.6 Å². The van der Waals surface area contributed by atoms with E-state index >= 15 is 0 Å². The Morgan fingerprint density at radius 1 is 1.29 bits per heavy atom. The number of hydrogen-bond acceptors (Lipinski definition) is 2. The largest absolute Gasteiger partial charge is 0.321 e. The SMILES string of the molecule is CC.CCc1ccc(Cl)cc1NNC. The summed E-state index contributed by atoms with van der Waals surface area (Å²) in [7, 11) is 1.83. The van der Waals surface area contributed by atoms with E-state index in [0.717, 1.165) is 17.1 Å². The van der Waals surface area contributed by atoms with Crippen molar-refractivity contribution < 1.29 is 0 Å². The Morgan fingerprint density at radius 3 is 2.43 bits per heavy atom. The molecule has 0 spiro atoms. The quantitative estimate of drug-likeness (QED) is 0.753. The molecule has 0 saturated carbocycles. The van der Waals surface area contributed by atoms with Gasteiger partial charge in [0.1, 0.15) is 0 Å². The summed E-state index contributed by atoms with van der Waals surface area (Å²) in [4.78, 5) is 0. The maximum absolute atomic E-state index is 5.84. The van der Waals surface area contributed by atoms with Crippen LogP contribution in [0.1, 0.15) is 26.3 Å². The normalized spacial score (nSPS) is 8.93. The highest BCUT2D eigenvalue weighted by molar-refractivity contribution is 6.30. The molecule has 0 heterocycles. The summed E-state index contributed by atoms with van der Waals surface area (Å²) in [6.45, 7) is 6.12. The molecule has 0 aliphatic rings. The van der Waals surface area contributed by atoms with Crippen molar-refractivity contribution in [2.75, 3.05) is 12.5 Å². The summed E-state index contributed by atoms with van der Waals surface area (Å²) in [5.74, 6) is 0. The van der Waals surface area contributed by atoms with Crippen LogP contribution in [0.15, 0.2) is 18.2 Å². The van der Waals surface area contributed by atoms with Gasteiger partial charge in [0.15, 0.2) is 0 Å². The summed E-state index contributed by atoms with van der Waals surface area (Å²) in [6, 6.07) is 5.85. The lowest BCUT2D eigenvalue weighted by Gasteiger charge is -2.09. The number of hydrogen-bond donors (Lipinski definition) is 2. The number of rotatable bonds is 3. The minimum absolute atomic E-state index is 0.755. The lowest BCUT2D eigenvalue weighted by molar-refractivity contribution is 0.971. The van der Waals surface area contributed by atoms with Gasteiger partial charge in [0, 0.05) is 12.1 Å².